The van der Waals surface area contributed by atoms with Gasteiger partial charge in [0.05, 0.1) is 5.56 Å². The van der Waals surface area contributed by atoms with E-state index in [1.165, 1.54) is 6.07 Å². The maximum absolute atomic E-state index is 12.8. The van der Waals surface area contributed by atoms with Crippen molar-refractivity contribution in [3.8, 4) is 0 Å². The van der Waals surface area contributed by atoms with Gasteiger partial charge < -0.3 is 4.90 Å². The molecule has 0 atom stereocenters. The lowest BCUT2D eigenvalue weighted by atomic mass is 10.1. The molecule has 0 unspecified atom stereocenters. The molecule has 1 aliphatic rings. The second-order valence-corrected chi connectivity index (χ2v) is 4.66. The Morgan fingerprint density at radius 2 is 1.89 bits per heavy atom. The van der Waals surface area contributed by atoms with Crippen LogP contribution in [0, 0.1) is 6.07 Å². The van der Waals surface area contributed by atoms with E-state index >= 15 is 0 Å². The summed E-state index contributed by atoms with van der Waals surface area (Å²) < 4.78 is 38.5. The van der Waals surface area contributed by atoms with Gasteiger partial charge in [-0.1, -0.05) is 12.1 Å². The summed E-state index contributed by atoms with van der Waals surface area (Å²) >= 11 is 0. The van der Waals surface area contributed by atoms with E-state index in [4.69, 9.17) is 0 Å². The Labute approximate surface area is 105 Å². The normalized spacial score (nSPS) is 19.1. The molecule has 99 valence electrons. The van der Waals surface area contributed by atoms with Crippen LogP contribution in [0.15, 0.2) is 18.2 Å². The monoisotopic (exact) mass is 257 g/mol. The third-order valence-electron chi connectivity index (χ3n) is 3.25. The van der Waals surface area contributed by atoms with Gasteiger partial charge in [-0.05, 0) is 24.7 Å². The molecule has 0 aliphatic carbocycles. The molecule has 2 rings (SSSR count). The van der Waals surface area contributed by atoms with E-state index in [0.717, 1.165) is 32.2 Å². The second kappa shape index (κ2) is 5.28. The number of nitrogens with zero attached hydrogens (tertiary/aromatic N) is 2. The molecule has 5 heteroatoms. The number of hydrogen-bond donors (Lipinski definition) is 0. The molecule has 1 aromatic carbocycles. The minimum Gasteiger partial charge on any atom is -0.304 e. The van der Waals surface area contributed by atoms with E-state index in [0.29, 0.717) is 12.1 Å². The van der Waals surface area contributed by atoms with Crippen LogP contribution < -0.4 is 0 Å². The van der Waals surface area contributed by atoms with Gasteiger partial charge in [0.15, 0.2) is 0 Å². The van der Waals surface area contributed by atoms with Crippen LogP contribution in [-0.2, 0) is 12.7 Å². The van der Waals surface area contributed by atoms with Crippen LogP contribution in [0.25, 0.3) is 0 Å². The van der Waals surface area contributed by atoms with Gasteiger partial charge in [-0.3, -0.25) is 4.90 Å². The standard InChI is InChI=1S/C13H16F3N2/c1-17-6-8-18(9-7-17)10-11-4-2-3-5-12(11)13(14,15)16/h2,4-5H,6-10H2,1H3. The van der Waals surface area contributed by atoms with Crippen molar-refractivity contribution in [2.24, 2.45) is 0 Å². The zero-order valence-electron chi connectivity index (χ0n) is 10.3. The van der Waals surface area contributed by atoms with E-state index in [1.54, 1.807) is 6.07 Å². The van der Waals surface area contributed by atoms with Crippen molar-refractivity contribution in [1.82, 2.24) is 9.80 Å². The molecule has 0 amide bonds. The van der Waals surface area contributed by atoms with Crippen molar-refractivity contribution in [3.63, 3.8) is 0 Å². The van der Waals surface area contributed by atoms with E-state index in [-0.39, 0.29) is 0 Å². The van der Waals surface area contributed by atoms with Gasteiger partial charge >= 0.3 is 6.18 Å². The Morgan fingerprint density at radius 1 is 1.22 bits per heavy atom. The maximum atomic E-state index is 12.8. The summed E-state index contributed by atoms with van der Waals surface area (Å²) in [4.78, 5) is 4.24. The Balaban J connectivity index is 2.10. The minimum atomic E-state index is -4.29. The van der Waals surface area contributed by atoms with Gasteiger partial charge in [0.1, 0.15) is 0 Å². The number of alkyl halides is 3. The lowest BCUT2D eigenvalue weighted by Gasteiger charge is -2.32. The number of halogens is 3. The van der Waals surface area contributed by atoms with Crippen molar-refractivity contribution in [3.05, 3.63) is 35.4 Å². The highest BCUT2D eigenvalue weighted by molar-refractivity contribution is 5.29. The maximum Gasteiger partial charge on any atom is 0.416 e. The average Bonchev–Trinajstić information content (AvgIpc) is 2.31. The molecule has 0 spiro atoms. The highest BCUT2D eigenvalue weighted by Gasteiger charge is 2.33. The van der Waals surface area contributed by atoms with Crippen molar-refractivity contribution >= 4 is 0 Å². The van der Waals surface area contributed by atoms with E-state index in [9.17, 15) is 13.2 Å². The highest BCUT2D eigenvalue weighted by Crippen LogP contribution is 2.32. The summed E-state index contributed by atoms with van der Waals surface area (Å²) in [6.45, 7) is 3.79. The van der Waals surface area contributed by atoms with Crippen molar-refractivity contribution in [1.29, 1.82) is 0 Å². The highest BCUT2D eigenvalue weighted by atomic mass is 19.4. The molecule has 1 aromatic rings. The van der Waals surface area contributed by atoms with Crippen LogP contribution >= 0.6 is 0 Å². The van der Waals surface area contributed by atoms with Crippen LogP contribution in [0.2, 0.25) is 0 Å². The van der Waals surface area contributed by atoms with Gasteiger partial charge in [-0.15, -0.1) is 0 Å². The third kappa shape index (κ3) is 3.23. The molecule has 18 heavy (non-hydrogen) atoms. The average molecular weight is 257 g/mol. The fraction of sp³-hybridized carbons (Fsp3) is 0.538. The molecule has 1 aliphatic heterocycles. The minimum absolute atomic E-state index is 0.339. The first-order valence-electron chi connectivity index (χ1n) is 5.94. The van der Waals surface area contributed by atoms with E-state index < -0.39 is 11.7 Å². The summed E-state index contributed by atoms with van der Waals surface area (Å²) in [7, 11) is 2.02. The first-order valence-corrected chi connectivity index (χ1v) is 5.94. The zero-order valence-corrected chi connectivity index (χ0v) is 10.3. The molecule has 1 saturated heterocycles. The largest absolute Gasteiger partial charge is 0.416 e. The lowest BCUT2D eigenvalue weighted by Crippen LogP contribution is -2.44. The number of piperazine rings is 1. The summed E-state index contributed by atoms with van der Waals surface area (Å²) in [5, 5.41) is 0. The van der Waals surface area contributed by atoms with Gasteiger partial charge in [0.25, 0.3) is 0 Å². The smallest absolute Gasteiger partial charge is 0.304 e. The number of benzene rings is 1. The Kier molecular flexibility index (Phi) is 3.92. The second-order valence-electron chi connectivity index (χ2n) is 4.66. The molecule has 0 N–H and O–H groups in total. The summed E-state index contributed by atoms with van der Waals surface area (Å²) in [6, 6.07) is 6.60. The Morgan fingerprint density at radius 3 is 2.50 bits per heavy atom. The van der Waals surface area contributed by atoms with Gasteiger partial charge in [0, 0.05) is 32.7 Å². The first-order chi connectivity index (χ1) is 8.47. The van der Waals surface area contributed by atoms with Gasteiger partial charge in [0.2, 0.25) is 0 Å². The summed E-state index contributed by atoms with van der Waals surface area (Å²) in [5.41, 5.74) is -0.227. The van der Waals surface area contributed by atoms with Gasteiger partial charge in [-0.2, -0.15) is 13.2 Å². The third-order valence-corrected chi connectivity index (χ3v) is 3.25. The molecule has 1 fully saturated rings. The van der Waals surface area contributed by atoms with Crippen LogP contribution in [0.3, 0.4) is 0 Å². The van der Waals surface area contributed by atoms with Crippen LogP contribution in [-0.4, -0.2) is 43.0 Å². The van der Waals surface area contributed by atoms with Crippen molar-refractivity contribution in [2.75, 3.05) is 33.2 Å². The molecule has 1 radical (unpaired) electrons. The topological polar surface area (TPSA) is 6.48 Å². The molecular formula is C13H16F3N2. The zero-order chi connectivity index (χ0) is 13.2. The number of hydrogen-bond acceptors (Lipinski definition) is 2. The Bertz CT molecular complexity index is 395. The fourth-order valence-corrected chi connectivity index (χ4v) is 2.11. The summed E-state index contributed by atoms with van der Waals surface area (Å²) in [5.74, 6) is 0. The van der Waals surface area contributed by atoms with Crippen molar-refractivity contribution in [2.45, 2.75) is 12.7 Å². The molecule has 0 bridgehead atoms. The van der Waals surface area contributed by atoms with Crippen molar-refractivity contribution < 1.29 is 13.2 Å². The molecule has 2 nitrogen and oxygen atoms in total. The number of likely N-dealkylation sites (N-methyl/N-ethyl adjacent to an activating group) is 1. The molecule has 0 aromatic heterocycles. The Hall–Kier alpha value is -1.07. The van der Waals surface area contributed by atoms with Crippen LogP contribution in [0.5, 0.6) is 0 Å². The van der Waals surface area contributed by atoms with Crippen LogP contribution in [0.1, 0.15) is 11.1 Å². The van der Waals surface area contributed by atoms with E-state index in [2.05, 4.69) is 15.9 Å². The SMILES string of the molecule is CN1CCN(Cc2cc[c]cc2C(F)(F)F)CC1. The predicted octanol–water partition coefficient (Wildman–Crippen LogP) is 2.25. The summed E-state index contributed by atoms with van der Waals surface area (Å²) in [6.07, 6.45) is -4.29. The quantitative estimate of drug-likeness (QED) is 0.802. The van der Waals surface area contributed by atoms with E-state index in [1.807, 2.05) is 7.05 Å². The number of rotatable bonds is 2. The molecular weight excluding hydrogens is 241 g/mol. The van der Waals surface area contributed by atoms with Gasteiger partial charge in [-0.25, -0.2) is 0 Å². The lowest BCUT2D eigenvalue weighted by molar-refractivity contribution is -0.138. The predicted molar refractivity (Wildman–Crippen MR) is 63.1 cm³/mol. The molecule has 1 heterocycles. The fourth-order valence-electron chi connectivity index (χ4n) is 2.11. The first kappa shape index (κ1) is 13.4. The molecule has 0 saturated carbocycles. The van der Waals surface area contributed by atoms with Crippen LogP contribution in [0.4, 0.5) is 13.2 Å².